The molecule has 1 amide bonds. The van der Waals surface area contributed by atoms with Crippen molar-refractivity contribution < 1.29 is 18.8 Å². The van der Waals surface area contributed by atoms with Crippen LogP contribution < -0.4 is 9.64 Å². The number of anilines is 1. The number of rotatable bonds is 6. The predicted octanol–water partition coefficient (Wildman–Crippen LogP) is 4.23. The van der Waals surface area contributed by atoms with Crippen LogP contribution >= 0.6 is 0 Å². The number of likely N-dealkylation sites (N-methyl/N-ethyl adjacent to an activating group) is 1. The lowest BCUT2D eigenvalue weighted by Crippen LogP contribution is -2.55. The summed E-state index contributed by atoms with van der Waals surface area (Å²) in [6.45, 7) is 5.38. The number of halogens is 1. The summed E-state index contributed by atoms with van der Waals surface area (Å²) < 4.78 is 19.5. The van der Waals surface area contributed by atoms with E-state index >= 15 is 0 Å². The first-order valence-corrected chi connectivity index (χ1v) is 12.5. The van der Waals surface area contributed by atoms with Crippen molar-refractivity contribution in [2.75, 3.05) is 38.7 Å². The topological polar surface area (TPSA) is 70.0 Å². The highest BCUT2D eigenvalue weighted by molar-refractivity contribution is 6.03. The second kappa shape index (κ2) is 9.88. The number of hydrogen-bond donors (Lipinski definition) is 0. The molecule has 1 unspecified atom stereocenters. The van der Waals surface area contributed by atoms with Gasteiger partial charge in [-0.2, -0.15) is 0 Å². The Balaban J connectivity index is 1.47. The quantitative estimate of drug-likeness (QED) is 0.588. The van der Waals surface area contributed by atoms with E-state index in [4.69, 9.17) is 9.57 Å². The summed E-state index contributed by atoms with van der Waals surface area (Å²) in [6.07, 6.45) is 5.69. The lowest BCUT2D eigenvalue weighted by molar-refractivity contribution is -0.145. The van der Waals surface area contributed by atoms with Gasteiger partial charge in [-0.25, -0.2) is 4.39 Å². The molecular formula is C28H32FN5O3. The molecule has 0 aliphatic carbocycles. The fourth-order valence-electron chi connectivity index (χ4n) is 5.10. The first-order valence-electron chi connectivity index (χ1n) is 12.5. The van der Waals surface area contributed by atoms with Gasteiger partial charge in [-0.15, -0.1) is 0 Å². The minimum Gasteiger partial charge on any atom is -0.495 e. The summed E-state index contributed by atoms with van der Waals surface area (Å²) in [7, 11) is 3.40. The summed E-state index contributed by atoms with van der Waals surface area (Å²) in [5, 5.41) is 4.52. The number of amidine groups is 1. The van der Waals surface area contributed by atoms with E-state index in [0.29, 0.717) is 6.54 Å². The molecule has 0 spiro atoms. The fraction of sp³-hybridized carbons (Fsp3) is 0.393. The number of ether oxygens (including phenoxy) is 1. The first-order chi connectivity index (χ1) is 17.8. The molecular weight excluding hydrogens is 473 g/mol. The average molecular weight is 506 g/mol. The smallest absolute Gasteiger partial charge is 0.254 e. The normalized spacial score (nSPS) is 23.6. The molecule has 194 valence electrons. The van der Waals surface area contributed by atoms with Gasteiger partial charge in [0.1, 0.15) is 11.6 Å². The maximum absolute atomic E-state index is 13.8. The van der Waals surface area contributed by atoms with Crippen molar-refractivity contribution >= 4 is 29.8 Å². The molecule has 2 atom stereocenters. The standard InChI is InChI=1S/C28H32FN5O3/c1-19-16-33(18-30-19)25-12-7-21(15-26(25)36-4)14-22-6-5-13-34-27(22)31-37-28(34,17-32(3)20(2)35)23-8-10-24(29)11-9-23/h7-12,14-15,18-19H,5-6,13,16-17H2,1-4H3/b22-14+/t19?,28-/m1/s1. The van der Waals surface area contributed by atoms with Gasteiger partial charge < -0.3 is 24.3 Å². The van der Waals surface area contributed by atoms with Crippen molar-refractivity contribution in [2.24, 2.45) is 10.1 Å². The lowest BCUT2D eigenvalue weighted by Gasteiger charge is -2.41. The zero-order chi connectivity index (χ0) is 26.2. The van der Waals surface area contributed by atoms with E-state index in [9.17, 15) is 9.18 Å². The molecule has 1 fully saturated rings. The SMILES string of the molecule is COc1cc(/C=C2\CCCN3C2=NO[C@]3(CN(C)C(C)=O)c2ccc(F)cc2)ccc1N1C=NC(C)C1. The number of benzene rings is 2. The molecule has 0 N–H and O–H groups in total. The Hall–Kier alpha value is -3.88. The number of fused-ring (bicyclic) bond motifs is 1. The monoisotopic (exact) mass is 505 g/mol. The molecule has 1 saturated heterocycles. The molecule has 0 radical (unpaired) electrons. The number of nitrogens with zero attached hydrogens (tertiary/aromatic N) is 5. The molecule has 3 aliphatic rings. The number of aliphatic imine (C=N–C) groups is 1. The average Bonchev–Trinajstić information content (AvgIpc) is 3.49. The van der Waals surface area contributed by atoms with Crippen LogP contribution in [0, 0.1) is 5.82 Å². The van der Waals surface area contributed by atoms with E-state index in [2.05, 4.69) is 39.0 Å². The maximum Gasteiger partial charge on any atom is 0.254 e. The molecule has 0 bridgehead atoms. The minimum absolute atomic E-state index is 0.0871. The van der Waals surface area contributed by atoms with Gasteiger partial charge in [0.05, 0.1) is 31.7 Å². The van der Waals surface area contributed by atoms with Gasteiger partial charge in [0.2, 0.25) is 5.91 Å². The van der Waals surface area contributed by atoms with Crippen molar-refractivity contribution in [1.29, 1.82) is 0 Å². The van der Waals surface area contributed by atoms with E-state index in [0.717, 1.165) is 53.4 Å². The number of methoxy groups -OCH3 is 1. The number of oxime groups is 1. The molecule has 3 aliphatic heterocycles. The van der Waals surface area contributed by atoms with Crippen molar-refractivity contribution in [3.63, 3.8) is 0 Å². The summed E-state index contributed by atoms with van der Waals surface area (Å²) in [5.41, 5.74) is 2.72. The molecule has 3 heterocycles. The van der Waals surface area contributed by atoms with Crippen LogP contribution in [-0.4, -0.2) is 67.7 Å². The third kappa shape index (κ3) is 4.65. The van der Waals surface area contributed by atoms with Crippen LogP contribution in [0.2, 0.25) is 0 Å². The number of carbonyl (C=O) groups is 1. The van der Waals surface area contributed by atoms with Crippen molar-refractivity contribution in [1.82, 2.24) is 9.80 Å². The van der Waals surface area contributed by atoms with E-state index in [1.807, 2.05) is 18.5 Å². The molecule has 5 rings (SSSR count). The minimum atomic E-state index is -1.03. The molecule has 8 nitrogen and oxygen atoms in total. The van der Waals surface area contributed by atoms with Gasteiger partial charge in [-0.05, 0) is 73.4 Å². The molecule has 37 heavy (non-hydrogen) atoms. The Kier molecular flexibility index (Phi) is 6.62. The zero-order valence-corrected chi connectivity index (χ0v) is 21.6. The van der Waals surface area contributed by atoms with E-state index in [1.165, 1.54) is 19.1 Å². The summed E-state index contributed by atoms with van der Waals surface area (Å²) in [6, 6.07) is 12.6. The molecule has 0 aromatic heterocycles. The third-order valence-electron chi connectivity index (χ3n) is 7.15. The number of hydrogen-bond acceptors (Lipinski definition) is 7. The van der Waals surface area contributed by atoms with Gasteiger partial charge in [-0.1, -0.05) is 11.2 Å². The van der Waals surface area contributed by atoms with Crippen molar-refractivity contribution in [3.8, 4) is 5.75 Å². The Morgan fingerprint density at radius 2 is 2.08 bits per heavy atom. The largest absolute Gasteiger partial charge is 0.495 e. The van der Waals surface area contributed by atoms with Crippen molar-refractivity contribution in [2.45, 2.75) is 38.5 Å². The number of amides is 1. The zero-order valence-electron chi connectivity index (χ0n) is 21.6. The number of piperidine rings is 1. The van der Waals surface area contributed by atoms with Gasteiger partial charge in [-0.3, -0.25) is 9.79 Å². The highest BCUT2D eigenvalue weighted by atomic mass is 19.1. The second-order valence-electron chi connectivity index (χ2n) is 9.79. The van der Waals surface area contributed by atoms with Gasteiger partial charge >= 0.3 is 0 Å². The summed E-state index contributed by atoms with van der Waals surface area (Å²) >= 11 is 0. The van der Waals surface area contributed by atoms with Crippen LogP contribution in [-0.2, 0) is 15.4 Å². The highest BCUT2D eigenvalue weighted by Gasteiger charge is 2.50. The van der Waals surface area contributed by atoms with E-state index in [-0.39, 0.29) is 24.3 Å². The lowest BCUT2D eigenvalue weighted by atomic mass is 9.94. The highest BCUT2D eigenvalue weighted by Crippen LogP contribution is 2.41. The van der Waals surface area contributed by atoms with Crippen LogP contribution in [0.3, 0.4) is 0 Å². The Bertz CT molecular complexity index is 1280. The van der Waals surface area contributed by atoms with Crippen LogP contribution in [0.25, 0.3) is 6.08 Å². The van der Waals surface area contributed by atoms with Gasteiger partial charge in [0, 0.05) is 32.6 Å². The van der Waals surface area contributed by atoms with E-state index < -0.39 is 5.72 Å². The van der Waals surface area contributed by atoms with Crippen LogP contribution in [0.4, 0.5) is 10.1 Å². The van der Waals surface area contributed by atoms with Crippen LogP contribution in [0.1, 0.15) is 37.8 Å². The molecule has 2 aromatic rings. The van der Waals surface area contributed by atoms with Gasteiger partial charge in [0.25, 0.3) is 5.72 Å². The Morgan fingerprint density at radius 3 is 2.76 bits per heavy atom. The number of carbonyl (C=O) groups excluding carboxylic acids is 1. The first kappa shape index (κ1) is 24.8. The molecule has 9 heteroatoms. The fourth-order valence-corrected chi connectivity index (χ4v) is 5.10. The van der Waals surface area contributed by atoms with E-state index in [1.54, 1.807) is 31.2 Å². The molecule has 0 saturated carbocycles. The Labute approximate surface area is 216 Å². The van der Waals surface area contributed by atoms with Gasteiger partial charge in [0.15, 0.2) is 5.84 Å². The molecule has 2 aromatic carbocycles. The third-order valence-corrected chi connectivity index (χ3v) is 7.15. The predicted molar refractivity (Wildman–Crippen MR) is 142 cm³/mol. The summed E-state index contributed by atoms with van der Waals surface area (Å²) in [5.74, 6) is 1.09. The summed E-state index contributed by atoms with van der Waals surface area (Å²) in [4.78, 5) is 28.5. The Morgan fingerprint density at radius 1 is 1.30 bits per heavy atom. The second-order valence-corrected chi connectivity index (χ2v) is 9.79. The van der Waals surface area contributed by atoms with Crippen LogP contribution in [0.15, 0.2) is 58.2 Å². The van der Waals surface area contributed by atoms with Crippen LogP contribution in [0.5, 0.6) is 5.75 Å². The maximum atomic E-state index is 13.8. The van der Waals surface area contributed by atoms with Crippen molar-refractivity contribution in [3.05, 3.63) is 65.0 Å².